The molecule has 78 valence electrons. The minimum absolute atomic E-state index is 0.204. The molecule has 0 aliphatic heterocycles. The van der Waals surface area contributed by atoms with Crippen molar-refractivity contribution in [3.63, 3.8) is 0 Å². The molecule has 0 rings (SSSR count). The molecule has 1 amide bonds. The van der Waals surface area contributed by atoms with Gasteiger partial charge < -0.3 is 10.1 Å². The fourth-order valence-corrected chi connectivity index (χ4v) is 0.729. The zero-order chi connectivity index (χ0) is 11.2. The van der Waals surface area contributed by atoms with Crippen LogP contribution in [0, 0.1) is 11.3 Å². The molecule has 0 saturated heterocycles. The normalized spacial score (nSPS) is 13.4. The van der Waals surface area contributed by atoms with E-state index in [1.54, 1.807) is 33.8 Å². The van der Waals surface area contributed by atoms with Crippen molar-refractivity contribution >= 4 is 6.09 Å². The minimum Gasteiger partial charge on any atom is -0.444 e. The zero-order valence-electron chi connectivity index (χ0n) is 9.00. The Morgan fingerprint density at radius 1 is 1.57 bits per heavy atom. The molecule has 0 bridgehead atoms. The Balaban J connectivity index is 3.96. The Kier molecular flexibility index (Phi) is 4.71. The summed E-state index contributed by atoms with van der Waals surface area (Å²) >= 11 is 0. The lowest BCUT2D eigenvalue weighted by molar-refractivity contribution is 0.0518. The van der Waals surface area contributed by atoms with Gasteiger partial charge in [-0.15, -0.1) is 0 Å². The predicted octanol–water partition coefficient (Wildman–Crippen LogP) is 1.98. The first-order valence-electron chi connectivity index (χ1n) is 4.41. The van der Waals surface area contributed by atoms with Gasteiger partial charge in [-0.1, -0.05) is 6.08 Å². The number of nitriles is 1. The van der Waals surface area contributed by atoms with Crippen LogP contribution in [0.4, 0.5) is 4.79 Å². The number of allylic oxidation sites excluding steroid dienone is 1. The standard InChI is InChI=1S/C10H16N2O2/c1-8(6-5-7-11)12-9(13)14-10(2,3)4/h5-6,8H,1-4H3,(H,12,13)/b6-5+/t8-/m1/s1. The Bertz CT molecular complexity index is 258. The number of nitrogens with zero attached hydrogens (tertiary/aromatic N) is 1. The molecule has 0 aliphatic carbocycles. The van der Waals surface area contributed by atoms with Crippen LogP contribution in [0.1, 0.15) is 27.7 Å². The Hall–Kier alpha value is -1.50. The monoisotopic (exact) mass is 196 g/mol. The summed E-state index contributed by atoms with van der Waals surface area (Å²) in [7, 11) is 0. The van der Waals surface area contributed by atoms with Gasteiger partial charge in [0.15, 0.2) is 0 Å². The number of carbonyl (C=O) groups is 1. The van der Waals surface area contributed by atoms with E-state index in [1.165, 1.54) is 6.08 Å². The average Bonchev–Trinajstić information content (AvgIpc) is 1.96. The number of rotatable bonds is 2. The number of nitrogens with one attached hydrogen (secondary N) is 1. The molecular formula is C10H16N2O2. The second-order valence-electron chi connectivity index (χ2n) is 3.92. The molecule has 0 aromatic heterocycles. The van der Waals surface area contributed by atoms with Gasteiger partial charge in [0, 0.05) is 12.1 Å². The van der Waals surface area contributed by atoms with Crippen LogP contribution in [0.25, 0.3) is 0 Å². The number of alkyl carbamates (subject to hydrolysis) is 1. The first-order valence-corrected chi connectivity index (χ1v) is 4.41. The lowest BCUT2D eigenvalue weighted by Crippen LogP contribution is -2.36. The third kappa shape index (κ3) is 7.17. The molecule has 14 heavy (non-hydrogen) atoms. The Morgan fingerprint density at radius 2 is 2.14 bits per heavy atom. The summed E-state index contributed by atoms with van der Waals surface area (Å²) in [6, 6.07) is 1.64. The average molecular weight is 196 g/mol. The molecule has 0 heterocycles. The van der Waals surface area contributed by atoms with Gasteiger partial charge in [0.05, 0.1) is 6.07 Å². The van der Waals surface area contributed by atoms with Crippen LogP contribution in [0.2, 0.25) is 0 Å². The Morgan fingerprint density at radius 3 is 2.57 bits per heavy atom. The van der Waals surface area contributed by atoms with Crippen LogP contribution in [0.15, 0.2) is 12.2 Å². The number of amides is 1. The summed E-state index contributed by atoms with van der Waals surface area (Å²) in [5.41, 5.74) is -0.497. The molecule has 0 radical (unpaired) electrons. The van der Waals surface area contributed by atoms with Gasteiger partial charge in [-0.05, 0) is 27.7 Å². The van der Waals surface area contributed by atoms with E-state index < -0.39 is 11.7 Å². The van der Waals surface area contributed by atoms with Gasteiger partial charge in [-0.2, -0.15) is 5.26 Å². The number of ether oxygens (including phenoxy) is 1. The molecular weight excluding hydrogens is 180 g/mol. The van der Waals surface area contributed by atoms with Crippen molar-refractivity contribution in [2.45, 2.75) is 39.3 Å². The molecule has 0 aromatic rings. The highest BCUT2D eigenvalue weighted by Gasteiger charge is 2.16. The minimum atomic E-state index is -0.497. The van der Waals surface area contributed by atoms with Crippen molar-refractivity contribution in [3.05, 3.63) is 12.2 Å². The summed E-state index contributed by atoms with van der Waals surface area (Å²) in [6.07, 6.45) is 2.43. The van der Waals surface area contributed by atoms with Crippen LogP contribution in [-0.4, -0.2) is 17.7 Å². The van der Waals surface area contributed by atoms with Crippen LogP contribution in [0.5, 0.6) is 0 Å². The van der Waals surface area contributed by atoms with Gasteiger partial charge in [0.25, 0.3) is 0 Å². The molecule has 4 heteroatoms. The second kappa shape index (κ2) is 5.28. The highest BCUT2D eigenvalue weighted by Crippen LogP contribution is 2.06. The maximum absolute atomic E-state index is 11.2. The van der Waals surface area contributed by atoms with E-state index in [9.17, 15) is 4.79 Å². The SMILES string of the molecule is C[C@H](/C=C/C#N)NC(=O)OC(C)(C)C. The first-order chi connectivity index (χ1) is 6.35. The smallest absolute Gasteiger partial charge is 0.408 e. The quantitative estimate of drug-likeness (QED) is 0.687. The van der Waals surface area contributed by atoms with Gasteiger partial charge in [-0.3, -0.25) is 0 Å². The van der Waals surface area contributed by atoms with Crippen LogP contribution in [-0.2, 0) is 4.74 Å². The summed E-state index contributed by atoms with van der Waals surface area (Å²) in [6.45, 7) is 7.14. The first kappa shape index (κ1) is 12.5. The molecule has 0 aromatic carbocycles. The molecule has 1 N–H and O–H groups in total. The summed E-state index contributed by atoms with van der Waals surface area (Å²) in [4.78, 5) is 11.2. The van der Waals surface area contributed by atoms with Gasteiger partial charge in [0.2, 0.25) is 0 Å². The number of hydrogen-bond acceptors (Lipinski definition) is 3. The highest BCUT2D eigenvalue weighted by molar-refractivity contribution is 5.68. The van der Waals surface area contributed by atoms with E-state index >= 15 is 0 Å². The van der Waals surface area contributed by atoms with Crippen molar-refractivity contribution in [2.24, 2.45) is 0 Å². The molecule has 0 spiro atoms. The molecule has 0 unspecified atom stereocenters. The van der Waals surface area contributed by atoms with Crippen molar-refractivity contribution in [1.29, 1.82) is 5.26 Å². The number of carbonyl (C=O) groups excluding carboxylic acids is 1. The van der Waals surface area contributed by atoms with Crippen LogP contribution < -0.4 is 5.32 Å². The van der Waals surface area contributed by atoms with Crippen LogP contribution >= 0.6 is 0 Å². The lowest BCUT2D eigenvalue weighted by Gasteiger charge is -2.20. The lowest BCUT2D eigenvalue weighted by atomic mass is 10.2. The molecule has 0 aliphatic rings. The van der Waals surface area contributed by atoms with E-state index in [0.29, 0.717) is 0 Å². The molecule has 0 fully saturated rings. The van der Waals surface area contributed by atoms with E-state index in [-0.39, 0.29) is 6.04 Å². The van der Waals surface area contributed by atoms with Gasteiger partial charge in [0.1, 0.15) is 5.60 Å². The van der Waals surface area contributed by atoms with E-state index in [4.69, 9.17) is 10.00 Å². The van der Waals surface area contributed by atoms with Crippen molar-refractivity contribution in [2.75, 3.05) is 0 Å². The maximum atomic E-state index is 11.2. The van der Waals surface area contributed by atoms with Crippen molar-refractivity contribution in [3.8, 4) is 6.07 Å². The third-order valence-electron chi connectivity index (χ3n) is 1.20. The largest absolute Gasteiger partial charge is 0.444 e. The fraction of sp³-hybridized carbons (Fsp3) is 0.600. The second-order valence-corrected chi connectivity index (χ2v) is 3.92. The van der Waals surface area contributed by atoms with E-state index in [2.05, 4.69) is 5.32 Å². The van der Waals surface area contributed by atoms with Crippen molar-refractivity contribution in [1.82, 2.24) is 5.32 Å². The highest BCUT2D eigenvalue weighted by atomic mass is 16.6. The molecule has 1 atom stereocenters. The number of hydrogen-bond donors (Lipinski definition) is 1. The van der Waals surface area contributed by atoms with Crippen molar-refractivity contribution < 1.29 is 9.53 Å². The Labute approximate surface area is 84.6 Å². The zero-order valence-corrected chi connectivity index (χ0v) is 9.00. The topological polar surface area (TPSA) is 62.1 Å². The van der Waals surface area contributed by atoms with E-state index in [1.807, 2.05) is 6.07 Å². The fourth-order valence-electron chi connectivity index (χ4n) is 0.729. The van der Waals surface area contributed by atoms with Gasteiger partial charge >= 0.3 is 6.09 Å². The predicted molar refractivity (Wildman–Crippen MR) is 53.6 cm³/mol. The summed E-state index contributed by atoms with van der Waals surface area (Å²) in [5.74, 6) is 0. The molecule has 0 saturated carbocycles. The summed E-state index contributed by atoms with van der Waals surface area (Å²) in [5, 5.41) is 10.8. The van der Waals surface area contributed by atoms with E-state index in [0.717, 1.165) is 0 Å². The third-order valence-corrected chi connectivity index (χ3v) is 1.20. The molecule has 4 nitrogen and oxygen atoms in total. The summed E-state index contributed by atoms with van der Waals surface area (Å²) < 4.78 is 5.02. The van der Waals surface area contributed by atoms with Crippen LogP contribution in [0.3, 0.4) is 0 Å². The van der Waals surface area contributed by atoms with Gasteiger partial charge in [-0.25, -0.2) is 4.79 Å². The maximum Gasteiger partial charge on any atom is 0.408 e.